The molecule has 0 aliphatic heterocycles. The number of hydrogen-bond acceptors (Lipinski definition) is 3. The first-order valence-electron chi connectivity index (χ1n) is 6.48. The number of Topliss-reactive ketones (excluding diaryl/α,β-unsaturated/α-hetero) is 1. The van der Waals surface area contributed by atoms with E-state index in [0.717, 1.165) is 23.3 Å². The van der Waals surface area contributed by atoms with E-state index in [1.165, 1.54) is 6.07 Å². The van der Waals surface area contributed by atoms with Crippen molar-refractivity contribution in [3.63, 3.8) is 0 Å². The molecule has 108 valence electrons. The van der Waals surface area contributed by atoms with Crippen molar-refractivity contribution in [2.45, 2.75) is 13.8 Å². The van der Waals surface area contributed by atoms with Gasteiger partial charge >= 0.3 is 0 Å². The highest BCUT2D eigenvalue weighted by molar-refractivity contribution is 5.98. The molecule has 2 rings (SSSR count). The molecule has 0 bridgehead atoms. The first-order valence-corrected chi connectivity index (χ1v) is 6.48. The van der Waals surface area contributed by atoms with Crippen LogP contribution in [0.3, 0.4) is 0 Å². The number of hydrogen-bond donors (Lipinski definition) is 0. The molecule has 2 aromatic carbocycles. The van der Waals surface area contributed by atoms with Gasteiger partial charge in [0.2, 0.25) is 0 Å². The molecule has 0 radical (unpaired) electrons. The van der Waals surface area contributed by atoms with Crippen LogP contribution < -0.4 is 4.74 Å². The van der Waals surface area contributed by atoms with Gasteiger partial charge in [0, 0.05) is 17.2 Å². The Morgan fingerprint density at radius 1 is 1.19 bits per heavy atom. The quantitative estimate of drug-likeness (QED) is 0.624. The molecule has 0 amide bonds. The van der Waals surface area contributed by atoms with Crippen molar-refractivity contribution in [3.05, 3.63) is 64.5 Å². The second-order valence-corrected chi connectivity index (χ2v) is 4.87. The summed E-state index contributed by atoms with van der Waals surface area (Å²) in [4.78, 5) is 22.8. The lowest BCUT2D eigenvalue weighted by Crippen LogP contribution is -2.13. The molecule has 0 spiro atoms. The average molecular weight is 286 g/mol. The normalized spacial score (nSPS) is 10.2. The fraction of sp³-hybridized carbons (Fsp3) is 0.176. The standard InChI is InChI=1S/C17H15FO3/c1-11-3-4-16(12(2)5-11)17(20)10-21-15-7-13(9-19)6-14(18)8-15/h3-9H,10H2,1-2H3. The van der Waals surface area contributed by atoms with Gasteiger partial charge in [0.25, 0.3) is 0 Å². The van der Waals surface area contributed by atoms with Crippen molar-refractivity contribution in [3.8, 4) is 5.75 Å². The van der Waals surface area contributed by atoms with Crippen molar-refractivity contribution in [2.75, 3.05) is 6.61 Å². The second kappa shape index (κ2) is 6.31. The van der Waals surface area contributed by atoms with Crippen LogP contribution in [0.1, 0.15) is 31.8 Å². The number of aldehydes is 1. The molecule has 0 aliphatic carbocycles. The molecular weight excluding hydrogens is 271 g/mol. The van der Waals surface area contributed by atoms with E-state index in [0.29, 0.717) is 11.8 Å². The maximum Gasteiger partial charge on any atom is 0.200 e. The zero-order chi connectivity index (χ0) is 15.4. The average Bonchev–Trinajstić information content (AvgIpc) is 2.44. The highest BCUT2D eigenvalue weighted by Crippen LogP contribution is 2.17. The molecule has 0 unspecified atom stereocenters. The summed E-state index contributed by atoms with van der Waals surface area (Å²) in [5.41, 5.74) is 2.69. The molecule has 0 atom stereocenters. The topological polar surface area (TPSA) is 43.4 Å². The van der Waals surface area contributed by atoms with Crippen LogP contribution in [-0.4, -0.2) is 18.7 Å². The predicted octanol–water partition coefficient (Wildman–Crippen LogP) is 3.52. The van der Waals surface area contributed by atoms with Crippen LogP contribution in [0.15, 0.2) is 36.4 Å². The van der Waals surface area contributed by atoms with Crippen LogP contribution in [0, 0.1) is 19.7 Å². The maximum absolute atomic E-state index is 13.2. The number of carbonyl (C=O) groups excluding carboxylic acids is 2. The zero-order valence-corrected chi connectivity index (χ0v) is 11.9. The summed E-state index contributed by atoms with van der Waals surface area (Å²) >= 11 is 0. The Labute approximate surface area is 122 Å². The first-order chi connectivity index (χ1) is 9.99. The molecule has 0 heterocycles. The summed E-state index contributed by atoms with van der Waals surface area (Å²) in [6.45, 7) is 3.60. The number of ether oxygens (including phenoxy) is 1. The minimum absolute atomic E-state index is 0.162. The summed E-state index contributed by atoms with van der Waals surface area (Å²) in [6, 6.07) is 9.16. The fourth-order valence-electron chi connectivity index (χ4n) is 2.09. The Bertz CT molecular complexity index is 692. The summed E-state index contributed by atoms with van der Waals surface area (Å²) in [7, 11) is 0. The molecular formula is C17H15FO3. The van der Waals surface area contributed by atoms with E-state index in [4.69, 9.17) is 4.74 Å². The fourth-order valence-corrected chi connectivity index (χ4v) is 2.09. The van der Waals surface area contributed by atoms with Crippen molar-refractivity contribution >= 4 is 12.1 Å². The molecule has 21 heavy (non-hydrogen) atoms. The molecule has 0 saturated heterocycles. The molecule has 0 fully saturated rings. The van der Waals surface area contributed by atoms with Crippen LogP contribution in [-0.2, 0) is 0 Å². The van der Waals surface area contributed by atoms with E-state index in [2.05, 4.69) is 0 Å². The summed E-state index contributed by atoms with van der Waals surface area (Å²) < 4.78 is 18.5. The second-order valence-electron chi connectivity index (χ2n) is 4.87. The number of halogens is 1. The van der Waals surface area contributed by atoms with Crippen molar-refractivity contribution in [1.82, 2.24) is 0 Å². The van der Waals surface area contributed by atoms with Crippen LogP contribution in [0.4, 0.5) is 4.39 Å². The first kappa shape index (κ1) is 14.9. The Morgan fingerprint density at radius 3 is 2.62 bits per heavy atom. The van der Waals surface area contributed by atoms with Gasteiger partial charge in [-0.3, -0.25) is 9.59 Å². The van der Waals surface area contributed by atoms with Gasteiger partial charge in [0.15, 0.2) is 12.4 Å². The van der Waals surface area contributed by atoms with Crippen LogP contribution in [0.25, 0.3) is 0 Å². The summed E-state index contributed by atoms with van der Waals surface area (Å²) in [5, 5.41) is 0. The molecule has 3 nitrogen and oxygen atoms in total. The molecule has 0 N–H and O–H groups in total. The lowest BCUT2D eigenvalue weighted by atomic mass is 10.0. The van der Waals surface area contributed by atoms with Crippen LogP contribution >= 0.6 is 0 Å². The van der Waals surface area contributed by atoms with Crippen molar-refractivity contribution in [1.29, 1.82) is 0 Å². The zero-order valence-electron chi connectivity index (χ0n) is 11.9. The van der Waals surface area contributed by atoms with Gasteiger partial charge < -0.3 is 4.74 Å². The predicted molar refractivity (Wildman–Crippen MR) is 77.5 cm³/mol. The maximum atomic E-state index is 13.2. The number of ketones is 1. The van der Waals surface area contributed by atoms with E-state index in [1.807, 2.05) is 26.0 Å². The molecule has 2 aromatic rings. The minimum atomic E-state index is -0.575. The third-order valence-corrected chi connectivity index (χ3v) is 3.08. The SMILES string of the molecule is Cc1ccc(C(=O)COc2cc(F)cc(C=O)c2)c(C)c1. The van der Waals surface area contributed by atoms with Gasteiger partial charge in [-0.1, -0.05) is 23.8 Å². The summed E-state index contributed by atoms with van der Waals surface area (Å²) in [6.07, 6.45) is 0.530. The number of aryl methyl sites for hydroxylation is 2. The van der Waals surface area contributed by atoms with Gasteiger partial charge in [0.1, 0.15) is 17.9 Å². The largest absolute Gasteiger partial charge is 0.485 e. The Balaban J connectivity index is 2.10. The monoisotopic (exact) mass is 286 g/mol. The molecule has 4 heteroatoms. The van der Waals surface area contributed by atoms with Crippen molar-refractivity contribution < 1.29 is 18.7 Å². The van der Waals surface area contributed by atoms with E-state index >= 15 is 0 Å². The molecule has 0 aliphatic rings. The van der Waals surface area contributed by atoms with Crippen molar-refractivity contribution in [2.24, 2.45) is 0 Å². The van der Waals surface area contributed by atoms with Gasteiger partial charge in [-0.05, 0) is 31.5 Å². The van der Waals surface area contributed by atoms with Gasteiger partial charge in [-0.15, -0.1) is 0 Å². The van der Waals surface area contributed by atoms with Gasteiger partial charge in [0.05, 0.1) is 0 Å². The number of benzene rings is 2. The van der Waals surface area contributed by atoms with Gasteiger partial charge in [-0.25, -0.2) is 4.39 Å². The van der Waals surface area contributed by atoms with E-state index in [1.54, 1.807) is 6.07 Å². The van der Waals surface area contributed by atoms with E-state index in [9.17, 15) is 14.0 Å². The van der Waals surface area contributed by atoms with E-state index < -0.39 is 5.82 Å². The summed E-state index contributed by atoms with van der Waals surface area (Å²) in [5.74, 6) is -0.604. The third-order valence-electron chi connectivity index (χ3n) is 3.08. The third kappa shape index (κ3) is 3.75. The van der Waals surface area contributed by atoms with Crippen LogP contribution in [0.5, 0.6) is 5.75 Å². The minimum Gasteiger partial charge on any atom is -0.485 e. The molecule has 0 saturated carbocycles. The lowest BCUT2D eigenvalue weighted by molar-refractivity contribution is 0.0920. The number of carbonyl (C=O) groups is 2. The Morgan fingerprint density at radius 2 is 1.95 bits per heavy atom. The van der Waals surface area contributed by atoms with Gasteiger partial charge in [-0.2, -0.15) is 0 Å². The van der Waals surface area contributed by atoms with E-state index in [-0.39, 0.29) is 23.7 Å². The Hall–Kier alpha value is -2.49. The highest BCUT2D eigenvalue weighted by atomic mass is 19.1. The highest BCUT2D eigenvalue weighted by Gasteiger charge is 2.10. The Kier molecular flexibility index (Phi) is 4.48. The number of rotatable bonds is 5. The molecule has 0 aromatic heterocycles. The lowest BCUT2D eigenvalue weighted by Gasteiger charge is -2.08. The smallest absolute Gasteiger partial charge is 0.200 e. The van der Waals surface area contributed by atoms with Crippen LogP contribution in [0.2, 0.25) is 0 Å².